The average molecular weight is 536 g/mol. The van der Waals surface area contributed by atoms with E-state index in [1.165, 1.54) is 32.0 Å². The number of nitrogens with one attached hydrogen (secondary N) is 1. The first-order valence-electron chi connectivity index (χ1n) is 10.3. The van der Waals surface area contributed by atoms with Gasteiger partial charge in [0.2, 0.25) is 0 Å². The SMILES string of the molecule is CON(C)C(=O)[C@H]1C[C@H]2CSC(NC(=O)c3ccccc3)=N[C@@]2(c2cc(Br)ccc2F)CO1. The van der Waals surface area contributed by atoms with E-state index in [1.54, 1.807) is 36.4 Å². The lowest BCUT2D eigenvalue weighted by Crippen LogP contribution is -2.54. The number of amides is 2. The zero-order valence-electron chi connectivity index (χ0n) is 18.1. The number of hydroxylamine groups is 2. The molecule has 174 valence electrons. The van der Waals surface area contributed by atoms with Crippen LogP contribution in [0.2, 0.25) is 0 Å². The van der Waals surface area contributed by atoms with Crippen LogP contribution in [0, 0.1) is 11.7 Å². The average Bonchev–Trinajstić information content (AvgIpc) is 2.84. The highest BCUT2D eigenvalue weighted by Crippen LogP contribution is 2.47. The number of benzene rings is 2. The Bertz CT molecular complexity index is 1090. The molecular weight excluding hydrogens is 513 g/mol. The van der Waals surface area contributed by atoms with Crippen molar-refractivity contribution in [1.29, 1.82) is 0 Å². The van der Waals surface area contributed by atoms with Crippen molar-refractivity contribution in [3.8, 4) is 0 Å². The minimum absolute atomic E-state index is 0.00965. The second kappa shape index (κ2) is 9.92. The number of rotatable bonds is 4. The molecule has 0 bridgehead atoms. The van der Waals surface area contributed by atoms with Crippen LogP contribution in [0.4, 0.5) is 4.39 Å². The van der Waals surface area contributed by atoms with E-state index < -0.39 is 17.5 Å². The maximum Gasteiger partial charge on any atom is 0.274 e. The summed E-state index contributed by atoms with van der Waals surface area (Å²) >= 11 is 4.79. The van der Waals surface area contributed by atoms with E-state index in [0.29, 0.717) is 32.9 Å². The standard InChI is InChI=1S/C23H23BrFN3O4S/c1-28(31-2)21(30)19-10-15-12-33-22(26-20(29)14-6-4-3-5-7-14)27-23(15,13-32-19)17-11-16(24)8-9-18(17)25/h3-9,11,15,19H,10,12-13H2,1-2H3,(H,26,27,29)/t15-,19+,23-/m0/s1. The Kier molecular flexibility index (Phi) is 7.18. The summed E-state index contributed by atoms with van der Waals surface area (Å²) in [6.07, 6.45) is -0.380. The molecule has 2 aromatic carbocycles. The van der Waals surface area contributed by atoms with Gasteiger partial charge in [0.25, 0.3) is 11.8 Å². The fourth-order valence-electron chi connectivity index (χ4n) is 4.06. The van der Waals surface area contributed by atoms with Crippen LogP contribution in [0.5, 0.6) is 0 Å². The van der Waals surface area contributed by atoms with Crippen molar-refractivity contribution in [2.45, 2.75) is 18.1 Å². The first-order valence-corrected chi connectivity index (χ1v) is 12.1. The number of amidine groups is 1. The quantitative estimate of drug-likeness (QED) is 0.603. The van der Waals surface area contributed by atoms with Crippen LogP contribution < -0.4 is 5.32 Å². The van der Waals surface area contributed by atoms with Crippen molar-refractivity contribution in [2.75, 3.05) is 26.5 Å². The minimum atomic E-state index is -1.08. The van der Waals surface area contributed by atoms with Gasteiger partial charge in [-0.3, -0.25) is 14.4 Å². The molecule has 2 aromatic rings. The third kappa shape index (κ3) is 4.84. The first-order chi connectivity index (χ1) is 15.8. The molecule has 0 unspecified atom stereocenters. The Morgan fingerprint density at radius 3 is 2.79 bits per heavy atom. The molecule has 0 aliphatic carbocycles. The van der Waals surface area contributed by atoms with Crippen LogP contribution in [-0.2, 0) is 19.9 Å². The molecule has 0 spiro atoms. The molecule has 2 amide bonds. The van der Waals surface area contributed by atoms with E-state index in [1.807, 2.05) is 6.07 Å². The highest BCUT2D eigenvalue weighted by Gasteiger charge is 2.51. The van der Waals surface area contributed by atoms with Crippen molar-refractivity contribution in [2.24, 2.45) is 10.9 Å². The highest BCUT2D eigenvalue weighted by atomic mass is 79.9. The summed E-state index contributed by atoms with van der Waals surface area (Å²) in [5.41, 5.74) is -0.223. The summed E-state index contributed by atoms with van der Waals surface area (Å²) in [6, 6.07) is 13.5. The number of carbonyl (C=O) groups is 2. The van der Waals surface area contributed by atoms with E-state index in [2.05, 4.69) is 21.2 Å². The third-order valence-corrected chi connectivity index (χ3v) is 7.44. The second-order valence-electron chi connectivity index (χ2n) is 7.85. The van der Waals surface area contributed by atoms with Crippen LogP contribution in [0.1, 0.15) is 22.3 Å². The van der Waals surface area contributed by atoms with E-state index in [0.717, 1.165) is 5.06 Å². The fourth-order valence-corrected chi connectivity index (χ4v) is 5.59. The van der Waals surface area contributed by atoms with Gasteiger partial charge in [-0.25, -0.2) is 14.4 Å². The number of ether oxygens (including phenoxy) is 1. The zero-order chi connectivity index (χ0) is 23.6. The Hall–Kier alpha value is -2.27. The molecular formula is C23H23BrFN3O4S. The Morgan fingerprint density at radius 1 is 1.30 bits per heavy atom. The number of fused-ring (bicyclic) bond motifs is 1. The number of nitrogens with zero attached hydrogens (tertiary/aromatic N) is 2. The van der Waals surface area contributed by atoms with Crippen molar-refractivity contribution < 1.29 is 23.6 Å². The fraction of sp³-hybridized carbons (Fsp3) is 0.348. The van der Waals surface area contributed by atoms with Crippen molar-refractivity contribution in [3.05, 3.63) is 69.9 Å². The van der Waals surface area contributed by atoms with Crippen LogP contribution >= 0.6 is 27.7 Å². The van der Waals surface area contributed by atoms with Crippen molar-refractivity contribution in [3.63, 3.8) is 0 Å². The topological polar surface area (TPSA) is 80.2 Å². The van der Waals surface area contributed by atoms with E-state index in [-0.39, 0.29) is 24.3 Å². The van der Waals surface area contributed by atoms with Crippen LogP contribution in [0.15, 0.2) is 58.0 Å². The molecule has 1 fully saturated rings. The molecule has 10 heteroatoms. The molecule has 1 saturated heterocycles. The van der Waals surface area contributed by atoms with Crippen LogP contribution in [0.25, 0.3) is 0 Å². The summed E-state index contributed by atoms with van der Waals surface area (Å²) in [4.78, 5) is 35.2. The van der Waals surface area contributed by atoms with Gasteiger partial charge in [-0.15, -0.1) is 0 Å². The first kappa shape index (κ1) is 23.9. The maximum atomic E-state index is 15.1. The molecule has 1 N–H and O–H groups in total. The number of hydrogen-bond donors (Lipinski definition) is 1. The van der Waals surface area contributed by atoms with Gasteiger partial charge in [0, 0.05) is 34.3 Å². The van der Waals surface area contributed by atoms with Gasteiger partial charge in [-0.05, 0) is 36.8 Å². The molecule has 0 saturated carbocycles. The summed E-state index contributed by atoms with van der Waals surface area (Å²) < 4.78 is 21.7. The number of hydrogen-bond acceptors (Lipinski definition) is 6. The summed E-state index contributed by atoms with van der Waals surface area (Å²) in [7, 11) is 2.93. The predicted molar refractivity (Wildman–Crippen MR) is 127 cm³/mol. The van der Waals surface area contributed by atoms with Gasteiger partial charge < -0.3 is 10.1 Å². The summed E-state index contributed by atoms with van der Waals surface area (Å²) in [5.74, 6) is -0.690. The smallest absolute Gasteiger partial charge is 0.274 e. The minimum Gasteiger partial charge on any atom is -0.365 e. The largest absolute Gasteiger partial charge is 0.365 e. The molecule has 0 aromatic heterocycles. The molecule has 3 atom stereocenters. The third-order valence-electron chi connectivity index (χ3n) is 5.91. The van der Waals surface area contributed by atoms with Crippen LogP contribution in [-0.4, -0.2) is 54.7 Å². The van der Waals surface area contributed by atoms with E-state index in [9.17, 15) is 9.59 Å². The van der Waals surface area contributed by atoms with Crippen molar-refractivity contribution >= 4 is 44.7 Å². The zero-order valence-corrected chi connectivity index (χ0v) is 20.5. The van der Waals surface area contributed by atoms with Gasteiger partial charge in [-0.1, -0.05) is 45.9 Å². The van der Waals surface area contributed by atoms with Gasteiger partial charge in [0.15, 0.2) is 5.17 Å². The van der Waals surface area contributed by atoms with E-state index >= 15 is 4.39 Å². The normalized spacial score (nSPS) is 24.4. The summed E-state index contributed by atoms with van der Waals surface area (Å²) in [5, 5.41) is 4.36. The lowest BCUT2D eigenvalue weighted by Gasteiger charge is -2.46. The number of thioether (sulfide) groups is 1. The van der Waals surface area contributed by atoms with Gasteiger partial charge in [0.05, 0.1) is 13.7 Å². The monoisotopic (exact) mass is 535 g/mol. The molecule has 0 radical (unpaired) electrons. The molecule has 2 aliphatic rings. The second-order valence-corrected chi connectivity index (χ2v) is 9.77. The molecule has 7 nitrogen and oxygen atoms in total. The number of halogens is 2. The predicted octanol–water partition coefficient (Wildman–Crippen LogP) is 3.74. The Balaban J connectivity index is 1.69. The molecule has 2 aliphatic heterocycles. The maximum absolute atomic E-state index is 15.1. The Morgan fingerprint density at radius 2 is 2.06 bits per heavy atom. The van der Waals surface area contributed by atoms with Crippen molar-refractivity contribution in [1.82, 2.24) is 10.4 Å². The molecule has 2 heterocycles. The number of aliphatic imine (C=N–C) groups is 1. The van der Waals surface area contributed by atoms with E-state index in [4.69, 9.17) is 14.6 Å². The van der Waals surface area contributed by atoms with Gasteiger partial charge in [0.1, 0.15) is 17.5 Å². The molecule has 33 heavy (non-hydrogen) atoms. The lowest BCUT2D eigenvalue weighted by molar-refractivity contribution is -0.187. The highest BCUT2D eigenvalue weighted by molar-refractivity contribution is 9.10. The molecule has 4 rings (SSSR count). The lowest BCUT2D eigenvalue weighted by atomic mass is 9.75. The number of carbonyl (C=O) groups excluding carboxylic acids is 2. The van der Waals surface area contributed by atoms with Gasteiger partial charge in [-0.2, -0.15) is 0 Å². The van der Waals surface area contributed by atoms with Gasteiger partial charge >= 0.3 is 0 Å². The van der Waals surface area contributed by atoms with Crippen LogP contribution in [0.3, 0.4) is 0 Å². The number of likely N-dealkylation sites (N-methyl/N-ethyl adjacent to an activating group) is 1. The Labute approximate surface area is 203 Å². The summed E-state index contributed by atoms with van der Waals surface area (Å²) in [6.45, 7) is -0.00965.